The molecule has 0 aliphatic carbocycles. The Morgan fingerprint density at radius 2 is 2.06 bits per heavy atom. The zero-order chi connectivity index (χ0) is 11.7. The molecule has 0 radical (unpaired) electrons. The Hall–Kier alpha value is -0.360. The van der Waals surface area contributed by atoms with Crippen LogP contribution in [0.25, 0.3) is 0 Å². The minimum Gasteiger partial charge on any atom is -0.467 e. The van der Waals surface area contributed by atoms with Gasteiger partial charge in [-0.25, -0.2) is 0 Å². The molecule has 0 spiro atoms. The Balaban J connectivity index is 1.49. The van der Waals surface area contributed by atoms with Gasteiger partial charge in [0, 0.05) is 45.3 Å². The molecular weight excluding hydrogens is 282 g/mol. The van der Waals surface area contributed by atoms with E-state index in [-0.39, 0.29) is 0 Å². The lowest BCUT2D eigenvalue weighted by Crippen LogP contribution is -2.61. The third-order valence-electron chi connectivity index (χ3n) is 3.74. The average Bonchev–Trinajstić information content (AvgIpc) is 2.65. The zero-order valence-electron chi connectivity index (χ0n) is 9.86. The summed E-state index contributed by atoms with van der Waals surface area (Å²) in [6.07, 6.45) is 1.75. The number of furan rings is 1. The van der Waals surface area contributed by atoms with Crippen LogP contribution < -0.4 is 5.32 Å². The van der Waals surface area contributed by atoms with E-state index in [2.05, 4.69) is 31.0 Å². The number of hydrogen-bond acceptors (Lipinski definition) is 4. The molecule has 0 bridgehead atoms. The summed E-state index contributed by atoms with van der Waals surface area (Å²) < 4.78 is 6.55. The van der Waals surface area contributed by atoms with Gasteiger partial charge >= 0.3 is 0 Å². The third-order valence-corrected chi connectivity index (χ3v) is 4.45. The summed E-state index contributed by atoms with van der Waals surface area (Å²) in [6, 6.07) is 2.75. The Morgan fingerprint density at radius 1 is 1.29 bits per heavy atom. The van der Waals surface area contributed by atoms with E-state index < -0.39 is 0 Å². The van der Waals surface area contributed by atoms with E-state index in [4.69, 9.17) is 4.42 Å². The van der Waals surface area contributed by atoms with E-state index in [1.165, 1.54) is 26.2 Å². The minimum absolute atomic E-state index is 0.785. The van der Waals surface area contributed by atoms with Crippen LogP contribution in [0, 0.1) is 0 Å². The zero-order valence-corrected chi connectivity index (χ0v) is 11.4. The summed E-state index contributed by atoms with van der Waals surface area (Å²) in [7, 11) is 0. The molecule has 4 nitrogen and oxygen atoms in total. The molecule has 94 valence electrons. The second-order valence-electron chi connectivity index (χ2n) is 4.82. The lowest BCUT2D eigenvalue weighted by Gasteiger charge is -2.43. The number of nitrogens with one attached hydrogen (secondary N) is 1. The largest absolute Gasteiger partial charge is 0.467 e. The summed E-state index contributed by atoms with van der Waals surface area (Å²) in [5, 5.41) is 3.34. The smallest absolute Gasteiger partial charge is 0.131 e. The third kappa shape index (κ3) is 2.57. The van der Waals surface area contributed by atoms with Crippen molar-refractivity contribution in [2.45, 2.75) is 12.6 Å². The van der Waals surface area contributed by atoms with Crippen LogP contribution in [0.15, 0.2) is 21.2 Å². The van der Waals surface area contributed by atoms with Gasteiger partial charge in [0.2, 0.25) is 0 Å². The van der Waals surface area contributed by atoms with Crippen molar-refractivity contribution >= 4 is 15.9 Å². The molecule has 2 fully saturated rings. The minimum atomic E-state index is 0.785. The normalized spacial score (nSPS) is 23.8. The van der Waals surface area contributed by atoms with Crippen molar-refractivity contribution in [2.75, 3.05) is 39.3 Å². The van der Waals surface area contributed by atoms with Gasteiger partial charge in [0.1, 0.15) is 5.76 Å². The van der Waals surface area contributed by atoms with E-state index in [0.29, 0.717) is 0 Å². The molecule has 3 rings (SSSR count). The molecule has 2 aliphatic heterocycles. The van der Waals surface area contributed by atoms with Crippen LogP contribution in [0.2, 0.25) is 0 Å². The van der Waals surface area contributed by atoms with Crippen molar-refractivity contribution in [3.05, 3.63) is 22.6 Å². The SMILES string of the molecule is Brc1ccoc1CN1CCN(C2CNC2)CC1. The van der Waals surface area contributed by atoms with Gasteiger partial charge in [0.05, 0.1) is 17.3 Å². The van der Waals surface area contributed by atoms with Crippen molar-refractivity contribution in [1.29, 1.82) is 0 Å². The highest BCUT2D eigenvalue weighted by atomic mass is 79.9. The van der Waals surface area contributed by atoms with E-state index in [9.17, 15) is 0 Å². The van der Waals surface area contributed by atoms with Gasteiger partial charge in [-0.15, -0.1) is 0 Å². The topological polar surface area (TPSA) is 31.7 Å². The molecule has 0 atom stereocenters. The van der Waals surface area contributed by atoms with Gasteiger partial charge < -0.3 is 9.73 Å². The van der Waals surface area contributed by atoms with Crippen LogP contribution in [-0.4, -0.2) is 55.1 Å². The number of hydrogen-bond donors (Lipinski definition) is 1. The van der Waals surface area contributed by atoms with Crippen LogP contribution in [0.1, 0.15) is 5.76 Å². The molecule has 1 N–H and O–H groups in total. The van der Waals surface area contributed by atoms with Gasteiger partial charge in [-0.3, -0.25) is 9.80 Å². The Morgan fingerprint density at radius 3 is 2.59 bits per heavy atom. The number of piperazine rings is 1. The van der Waals surface area contributed by atoms with Crippen LogP contribution in [-0.2, 0) is 6.54 Å². The fraction of sp³-hybridized carbons (Fsp3) is 0.667. The quantitative estimate of drug-likeness (QED) is 0.907. The number of rotatable bonds is 3. The molecular formula is C12H18BrN3O. The first kappa shape index (κ1) is 11.7. The summed E-state index contributed by atoms with van der Waals surface area (Å²) in [5.74, 6) is 1.05. The van der Waals surface area contributed by atoms with E-state index in [0.717, 1.165) is 35.9 Å². The summed E-state index contributed by atoms with van der Waals surface area (Å²) in [5.41, 5.74) is 0. The average molecular weight is 300 g/mol. The molecule has 0 saturated carbocycles. The van der Waals surface area contributed by atoms with Crippen molar-refractivity contribution in [3.63, 3.8) is 0 Å². The van der Waals surface area contributed by atoms with Gasteiger partial charge in [-0.1, -0.05) is 0 Å². The van der Waals surface area contributed by atoms with Crippen molar-refractivity contribution in [2.24, 2.45) is 0 Å². The maximum Gasteiger partial charge on any atom is 0.131 e. The molecule has 17 heavy (non-hydrogen) atoms. The molecule has 3 heterocycles. The van der Waals surface area contributed by atoms with E-state index >= 15 is 0 Å². The fourth-order valence-corrected chi connectivity index (χ4v) is 2.79. The molecule has 0 unspecified atom stereocenters. The predicted octanol–water partition coefficient (Wildman–Crippen LogP) is 1.13. The second kappa shape index (κ2) is 5.10. The number of halogens is 1. The molecule has 1 aromatic rings. The highest BCUT2D eigenvalue weighted by Gasteiger charge is 2.27. The van der Waals surface area contributed by atoms with Gasteiger partial charge in [-0.05, 0) is 22.0 Å². The summed E-state index contributed by atoms with van der Waals surface area (Å²) >= 11 is 3.51. The predicted molar refractivity (Wildman–Crippen MR) is 69.9 cm³/mol. The van der Waals surface area contributed by atoms with Gasteiger partial charge in [-0.2, -0.15) is 0 Å². The molecule has 0 aromatic carbocycles. The molecule has 5 heteroatoms. The first-order chi connectivity index (χ1) is 8.33. The van der Waals surface area contributed by atoms with Crippen molar-refractivity contribution in [1.82, 2.24) is 15.1 Å². The molecule has 1 aromatic heterocycles. The maximum atomic E-state index is 5.46. The maximum absolute atomic E-state index is 5.46. The fourth-order valence-electron chi connectivity index (χ4n) is 2.46. The Labute approximate surface area is 110 Å². The second-order valence-corrected chi connectivity index (χ2v) is 5.67. The van der Waals surface area contributed by atoms with Crippen molar-refractivity contribution in [3.8, 4) is 0 Å². The van der Waals surface area contributed by atoms with Crippen LogP contribution in [0.5, 0.6) is 0 Å². The van der Waals surface area contributed by atoms with E-state index in [1.54, 1.807) is 6.26 Å². The Kier molecular flexibility index (Phi) is 3.51. The monoisotopic (exact) mass is 299 g/mol. The highest BCUT2D eigenvalue weighted by molar-refractivity contribution is 9.10. The standard InChI is InChI=1S/C12H18BrN3O/c13-11-1-6-17-12(11)9-15-2-4-16(5-3-15)10-7-14-8-10/h1,6,10,14H,2-5,7-9H2. The van der Waals surface area contributed by atoms with Gasteiger partial charge in [0.15, 0.2) is 0 Å². The molecule has 2 saturated heterocycles. The lowest BCUT2D eigenvalue weighted by atomic mass is 10.1. The molecule has 2 aliphatic rings. The lowest BCUT2D eigenvalue weighted by molar-refractivity contribution is 0.0664. The first-order valence-electron chi connectivity index (χ1n) is 6.22. The van der Waals surface area contributed by atoms with Crippen LogP contribution in [0.3, 0.4) is 0 Å². The van der Waals surface area contributed by atoms with E-state index in [1.807, 2.05) is 6.07 Å². The van der Waals surface area contributed by atoms with Crippen LogP contribution >= 0.6 is 15.9 Å². The highest BCUT2D eigenvalue weighted by Crippen LogP contribution is 2.20. The van der Waals surface area contributed by atoms with Crippen molar-refractivity contribution < 1.29 is 4.42 Å². The van der Waals surface area contributed by atoms with Crippen LogP contribution in [0.4, 0.5) is 0 Å². The van der Waals surface area contributed by atoms with Gasteiger partial charge in [0.25, 0.3) is 0 Å². The first-order valence-corrected chi connectivity index (χ1v) is 7.01. The Bertz CT molecular complexity index is 370. The summed E-state index contributed by atoms with van der Waals surface area (Å²) in [6.45, 7) is 7.92. The number of nitrogens with zero attached hydrogens (tertiary/aromatic N) is 2. The molecule has 0 amide bonds. The summed E-state index contributed by atoms with van der Waals surface area (Å²) in [4.78, 5) is 5.07.